The van der Waals surface area contributed by atoms with Crippen LogP contribution >= 0.6 is 11.6 Å². The number of hydrogen-bond donors (Lipinski definition) is 0. The van der Waals surface area contributed by atoms with E-state index in [0.29, 0.717) is 18.1 Å². The van der Waals surface area contributed by atoms with Crippen LogP contribution in [0.1, 0.15) is 29.6 Å². The van der Waals surface area contributed by atoms with E-state index in [0.717, 1.165) is 17.7 Å². The van der Waals surface area contributed by atoms with Crippen molar-refractivity contribution in [2.45, 2.75) is 25.2 Å². The van der Waals surface area contributed by atoms with E-state index in [2.05, 4.69) is 10.1 Å². The minimum atomic E-state index is -0.601. The van der Waals surface area contributed by atoms with Crippen LogP contribution in [0.15, 0.2) is 47.0 Å². The van der Waals surface area contributed by atoms with E-state index in [1.807, 2.05) is 24.3 Å². The molecule has 1 aliphatic rings. The maximum Gasteiger partial charge on any atom is 0.227 e. The molecule has 29 heavy (non-hydrogen) atoms. The second-order valence-electron chi connectivity index (χ2n) is 6.87. The molecule has 4 rings (SSSR count). The van der Waals surface area contributed by atoms with Gasteiger partial charge in [-0.2, -0.15) is 4.98 Å². The van der Waals surface area contributed by atoms with Gasteiger partial charge in [-0.15, -0.1) is 0 Å². The van der Waals surface area contributed by atoms with Crippen molar-refractivity contribution >= 4 is 23.2 Å². The molecule has 1 amide bonds. The van der Waals surface area contributed by atoms with Crippen molar-refractivity contribution in [3.05, 3.63) is 70.6 Å². The number of halogens is 2. The van der Waals surface area contributed by atoms with Crippen molar-refractivity contribution in [2.75, 3.05) is 18.6 Å². The topological polar surface area (TPSA) is 68.5 Å². The summed E-state index contributed by atoms with van der Waals surface area (Å²) in [5.41, 5.74) is 1.30. The summed E-state index contributed by atoms with van der Waals surface area (Å²) in [6.07, 6.45) is 1.53. The van der Waals surface area contributed by atoms with E-state index in [-0.39, 0.29) is 35.5 Å². The molecule has 1 saturated heterocycles. The Morgan fingerprint density at radius 3 is 2.79 bits per heavy atom. The first-order chi connectivity index (χ1) is 14.0. The number of anilines is 1. The number of methoxy groups -OCH3 is 1. The molecule has 0 saturated carbocycles. The van der Waals surface area contributed by atoms with Gasteiger partial charge >= 0.3 is 0 Å². The number of nitrogens with zero attached hydrogens (tertiary/aromatic N) is 3. The van der Waals surface area contributed by atoms with Crippen molar-refractivity contribution in [3.63, 3.8) is 0 Å². The molecular weight excluding hydrogens is 397 g/mol. The third-order valence-corrected chi connectivity index (χ3v) is 5.27. The highest BCUT2D eigenvalue weighted by molar-refractivity contribution is 6.31. The molecule has 2 aromatic carbocycles. The predicted octanol–water partition coefficient (Wildman–Crippen LogP) is 4.18. The van der Waals surface area contributed by atoms with Gasteiger partial charge in [0.05, 0.1) is 17.8 Å². The molecule has 1 aromatic heterocycles. The van der Waals surface area contributed by atoms with Gasteiger partial charge in [-0.1, -0.05) is 35.0 Å². The Morgan fingerprint density at radius 1 is 1.24 bits per heavy atom. The number of benzene rings is 2. The van der Waals surface area contributed by atoms with Crippen LogP contribution in [0.4, 0.5) is 10.1 Å². The fourth-order valence-electron chi connectivity index (χ4n) is 3.39. The third kappa shape index (κ3) is 4.10. The molecular formula is C21H19ClFN3O3. The molecule has 0 spiro atoms. The zero-order valence-corrected chi connectivity index (χ0v) is 16.5. The maximum absolute atomic E-state index is 14.3. The summed E-state index contributed by atoms with van der Waals surface area (Å²) in [5, 5.41) is 4.02. The van der Waals surface area contributed by atoms with Crippen LogP contribution < -0.4 is 9.64 Å². The summed E-state index contributed by atoms with van der Waals surface area (Å²) in [6, 6.07) is 12.4. The lowest BCUT2D eigenvalue weighted by atomic mass is 10.1. The van der Waals surface area contributed by atoms with Gasteiger partial charge in [-0.05, 0) is 36.2 Å². The minimum absolute atomic E-state index is 0.0147. The standard InChI is InChI=1S/C21H19ClFN3O3/c1-28-15-8-5-13(6-9-15)7-10-18-24-21(25-29-18)14-11-19(27)26(12-14)17-4-2-3-16(22)20(17)23/h2-6,8-9,14H,7,10-12H2,1H3. The van der Waals surface area contributed by atoms with Gasteiger partial charge in [0, 0.05) is 25.3 Å². The Bertz CT molecular complexity index is 1020. The predicted molar refractivity (Wildman–Crippen MR) is 106 cm³/mol. The van der Waals surface area contributed by atoms with Crippen LogP contribution in [-0.2, 0) is 17.6 Å². The molecule has 8 heteroatoms. The smallest absolute Gasteiger partial charge is 0.227 e. The van der Waals surface area contributed by atoms with E-state index < -0.39 is 5.82 Å². The van der Waals surface area contributed by atoms with Crippen LogP contribution in [0, 0.1) is 5.82 Å². The molecule has 0 bridgehead atoms. The molecule has 6 nitrogen and oxygen atoms in total. The van der Waals surface area contributed by atoms with Gasteiger partial charge in [0.15, 0.2) is 11.6 Å². The average molecular weight is 416 g/mol. The fraction of sp³-hybridized carbons (Fsp3) is 0.286. The average Bonchev–Trinajstić information content (AvgIpc) is 3.35. The van der Waals surface area contributed by atoms with Crippen molar-refractivity contribution < 1.29 is 18.4 Å². The summed E-state index contributed by atoms with van der Waals surface area (Å²) in [5.74, 6) is 0.737. The van der Waals surface area contributed by atoms with Crippen LogP contribution in [0.5, 0.6) is 5.75 Å². The molecule has 150 valence electrons. The Labute approximate surface area is 172 Å². The number of carbonyl (C=O) groups excluding carboxylic acids is 1. The van der Waals surface area contributed by atoms with Crippen molar-refractivity contribution in [1.29, 1.82) is 0 Å². The van der Waals surface area contributed by atoms with Gasteiger partial charge in [-0.25, -0.2) is 4.39 Å². The molecule has 1 aliphatic heterocycles. The monoisotopic (exact) mass is 415 g/mol. The Hall–Kier alpha value is -2.93. The van der Waals surface area contributed by atoms with Crippen LogP contribution in [0.25, 0.3) is 0 Å². The molecule has 3 aromatic rings. The summed E-state index contributed by atoms with van der Waals surface area (Å²) >= 11 is 5.84. The lowest BCUT2D eigenvalue weighted by Gasteiger charge is -2.17. The van der Waals surface area contributed by atoms with E-state index in [1.54, 1.807) is 13.2 Å². The van der Waals surface area contributed by atoms with Gasteiger partial charge in [0.25, 0.3) is 0 Å². The first-order valence-electron chi connectivity index (χ1n) is 9.25. The minimum Gasteiger partial charge on any atom is -0.497 e. The lowest BCUT2D eigenvalue weighted by Crippen LogP contribution is -2.25. The largest absolute Gasteiger partial charge is 0.497 e. The van der Waals surface area contributed by atoms with Crippen molar-refractivity contribution in [2.24, 2.45) is 0 Å². The van der Waals surface area contributed by atoms with Crippen LogP contribution in [-0.4, -0.2) is 29.7 Å². The molecule has 0 aliphatic carbocycles. The van der Waals surface area contributed by atoms with Crippen molar-refractivity contribution in [3.8, 4) is 5.75 Å². The third-order valence-electron chi connectivity index (χ3n) is 4.98. The van der Waals surface area contributed by atoms with Gasteiger partial charge in [-0.3, -0.25) is 4.79 Å². The quantitative estimate of drug-likeness (QED) is 0.604. The summed E-state index contributed by atoms with van der Waals surface area (Å²) in [4.78, 5) is 18.2. The van der Waals surface area contributed by atoms with E-state index in [4.69, 9.17) is 20.9 Å². The van der Waals surface area contributed by atoms with Crippen LogP contribution in [0.3, 0.4) is 0 Å². The number of aromatic nitrogens is 2. The van der Waals surface area contributed by atoms with E-state index in [1.165, 1.54) is 17.0 Å². The normalized spacial score (nSPS) is 16.4. The molecule has 1 fully saturated rings. The SMILES string of the molecule is COc1ccc(CCc2nc(C3CC(=O)N(c4cccc(Cl)c4F)C3)no2)cc1. The summed E-state index contributed by atoms with van der Waals surface area (Å²) < 4.78 is 24.8. The number of aryl methyl sites for hydroxylation is 2. The van der Waals surface area contributed by atoms with Gasteiger partial charge in [0.2, 0.25) is 11.8 Å². The fourth-order valence-corrected chi connectivity index (χ4v) is 3.56. The molecule has 2 heterocycles. The Balaban J connectivity index is 1.41. The molecule has 0 radical (unpaired) electrons. The highest BCUT2D eigenvalue weighted by atomic mass is 35.5. The maximum atomic E-state index is 14.3. The second kappa shape index (κ2) is 8.21. The molecule has 0 N–H and O–H groups in total. The van der Waals surface area contributed by atoms with Gasteiger partial charge in [0.1, 0.15) is 5.75 Å². The second-order valence-corrected chi connectivity index (χ2v) is 7.28. The number of amides is 1. The zero-order valence-electron chi connectivity index (χ0n) is 15.8. The van der Waals surface area contributed by atoms with Crippen molar-refractivity contribution in [1.82, 2.24) is 10.1 Å². The number of rotatable bonds is 6. The van der Waals surface area contributed by atoms with E-state index >= 15 is 0 Å². The number of ether oxygens (including phenoxy) is 1. The Kier molecular flexibility index (Phi) is 5.49. The lowest BCUT2D eigenvalue weighted by molar-refractivity contribution is -0.117. The number of carbonyl (C=O) groups is 1. The van der Waals surface area contributed by atoms with E-state index in [9.17, 15) is 9.18 Å². The van der Waals surface area contributed by atoms with Gasteiger partial charge < -0.3 is 14.2 Å². The number of hydrogen-bond acceptors (Lipinski definition) is 5. The summed E-state index contributed by atoms with van der Waals surface area (Å²) in [6.45, 7) is 0.285. The molecule has 1 unspecified atom stereocenters. The highest BCUT2D eigenvalue weighted by Gasteiger charge is 2.35. The first kappa shape index (κ1) is 19.4. The zero-order chi connectivity index (χ0) is 20.4. The highest BCUT2D eigenvalue weighted by Crippen LogP contribution is 2.33. The molecule has 1 atom stereocenters. The first-order valence-corrected chi connectivity index (χ1v) is 9.62. The van der Waals surface area contributed by atoms with Crippen LogP contribution in [0.2, 0.25) is 5.02 Å². The summed E-state index contributed by atoms with van der Waals surface area (Å²) in [7, 11) is 1.63. The Morgan fingerprint density at radius 2 is 2.03 bits per heavy atom.